The highest BCUT2D eigenvalue weighted by atomic mass is 19.1. The van der Waals surface area contributed by atoms with Gasteiger partial charge in [0.15, 0.2) is 0 Å². The van der Waals surface area contributed by atoms with E-state index in [9.17, 15) is 9.18 Å². The number of carbonyl (C=O) groups excluding carboxylic acids is 1. The summed E-state index contributed by atoms with van der Waals surface area (Å²) in [5.41, 5.74) is 3.07. The van der Waals surface area contributed by atoms with Gasteiger partial charge >= 0.3 is 0 Å². The minimum Gasteiger partial charge on any atom is -0.351 e. The molecule has 0 unspecified atom stereocenters. The van der Waals surface area contributed by atoms with Crippen molar-refractivity contribution in [2.75, 3.05) is 6.54 Å². The van der Waals surface area contributed by atoms with Crippen molar-refractivity contribution >= 4 is 5.91 Å². The van der Waals surface area contributed by atoms with Gasteiger partial charge in [-0.25, -0.2) is 4.39 Å². The fourth-order valence-corrected chi connectivity index (χ4v) is 3.07. The number of hydrogen-bond donors (Lipinski definition) is 1. The minimum absolute atomic E-state index is 0.0565. The predicted octanol–water partition coefficient (Wildman–Crippen LogP) is 4.23. The Morgan fingerprint density at radius 3 is 2.46 bits per heavy atom. The van der Waals surface area contributed by atoms with Crippen LogP contribution in [0.1, 0.15) is 49.3 Å². The molecule has 0 saturated heterocycles. The van der Waals surface area contributed by atoms with Gasteiger partial charge in [-0.2, -0.15) is 0 Å². The zero-order valence-corrected chi connectivity index (χ0v) is 15.5. The largest absolute Gasteiger partial charge is 0.351 e. The van der Waals surface area contributed by atoms with Crippen LogP contribution >= 0.6 is 0 Å². The normalized spacial score (nSPS) is 14.0. The van der Waals surface area contributed by atoms with E-state index in [0.717, 1.165) is 19.4 Å². The van der Waals surface area contributed by atoms with Crippen molar-refractivity contribution < 1.29 is 9.18 Å². The van der Waals surface area contributed by atoms with E-state index < -0.39 is 0 Å². The first-order chi connectivity index (χ1) is 12.5. The van der Waals surface area contributed by atoms with Gasteiger partial charge in [-0.05, 0) is 36.0 Å². The molecule has 1 saturated carbocycles. The van der Waals surface area contributed by atoms with Crippen molar-refractivity contribution in [1.29, 1.82) is 0 Å². The number of benzene rings is 2. The molecule has 2 aromatic carbocycles. The molecule has 3 rings (SSSR count). The Kier molecular flexibility index (Phi) is 6.04. The smallest absolute Gasteiger partial charge is 0.234 e. The van der Waals surface area contributed by atoms with Gasteiger partial charge in [-0.15, -0.1) is 0 Å². The zero-order chi connectivity index (χ0) is 18.5. The molecule has 0 spiro atoms. The van der Waals surface area contributed by atoms with E-state index in [-0.39, 0.29) is 18.3 Å². The van der Waals surface area contributed by atoms with E-state index in [0.29, 0.717) is 24.1 Å². The number of nitrogens with one attached hydrogen (secondary N) is 1. The Labute approximate surface area is 155 Å². The van der Waals surface area contributed by atoms with Crippen molar-refractivity contribution in [3.8, 4) is 0 Å². The standard InChI is InChI=1S/C22H27FN2O/c1-16(2)18-9-7-17(8-10-18)14-25(20-11-12-20)15-22(26)24-13-19-5-3-4-6-21(19)23/h3-10,16,20H,11-15H2,1-2H3,(H,24,26). The van der Waals surface area contributed by atoms with Crippen molar-refractivity contribution in [3.05, 3.63) is 71.0 Å². The van der Waals surface area contributed by atoms with Crippen LogP contribution in [0, 0.1) is 5.82 Å². The lowest BCUT2D eigenvalue weighted by Crippen LogP contribution is -2.38. The van der Waals surface area contributed by atoms with Gasteiger partial charge in [-0.3, -0.25) is 9.69 Å². The summed E-state index contributed by atoms with van der Waals surface area (Å²) >= 11 is 0. The van der Waals surface area contributed by atoms with Crippen LogP contribution in [0.4, 0.5) is 4.39 Å². The van der Waals surface area contributed by atoms with Crippen LogP contribution in [0.5, 0.6) is 0 Å². The molecule has 2 aromatic rings. The molecule has 1 aliphatic rings. The van der Waals surface area contributed by atoms with E-state index in [2.05, 4.69) is 48.3 Å². The van der Waals surface area contributed by atoms with Gasteiger partial charge in [-0.1, -0.05) is 56.3 Å². The summed E-state index contributed by atoms with van der Waals surface area (Å²) in [6.45, 7) is 5.73. The van der Waals surface area contributed by atoms with Crippen LogP contribution in [-0.4, -0.2) is 23.4 Å². The summed E-state index contributed by atoms with van der Waals surface area (Å²) < 4.78 is 13.7. The number of nitrogens with zero attached hydrogens (tertiary/aromatic N) is 1. The molecule has 0 aliphatic heterocycles. The van der Waals surface area contributed by atoms with E-state index >= 15 is 0 Å². The molecule has 1 fully saturated rings. The van der Waals surface area contributed by atoms with Crippen LogP contribution < -0.4 is 5.32 Å². The van der Waals surface area contributed by atoms with Gasteiger partial charge in [0.05, 0.1) is 6.54 Å². The molecule has 0 radical (unpaired) electrons. The third-order valence-corrected chi connectivity index (χ3v) is 4.88. The first kappa shape index (κ1) is 18.6. The lowest BCUT2D eigenvalue weighted by molar-refractivity contribution is -0.122. The Bertz CT molecular complexity index is 738. The average Bonchev–Trinajstić information content (AvgIpc) is 3.46. The zero-order valence-electron chi connectivity index (χ0n) is 15.5. The molecule has 0 bridgehead atoms. The van der Waals surface area contributed by atoms with Gasteiger partial charge in [0.2, 0.25) is 5.91 Å². The van der Waals surface area contributed by atoms with Gasteiger partial charge in [0, 0.05) is 24.7 Å². The summed E-state index contributed by atoms with van der Waals surface area (Å²) in [6, 6.07) is 15.7. The number of halogens is 1. The summed E-state index contributed by atoms with van der Waals surface area (Å²) in [5.74, 6) is 0.184. The van der Waals surface area contributed by atoms with E-state index in [1.807, 2.05) is 0 Å². The third-order valence-electron chi connectivity index (χ3n) is 4.88. The number of hydrogen-bond acceptors (Lipinski definition) is 2. The second kappa shape index (κ2) is 8.45. The highest BCUT2D eigenvalue weighted by molar-refractivity contribution is 5.78. The summed E-state index contributed by atoms with van der Waals surface area (Å²) in [4.78, 5) is 14.6. The molecular formula is C22H27FN2O. The summed E-state index contributed by atoms with van der Waals surface area (Å²) in [7, 11) is 0. The Hall–Kier alpha value is -2.20. The average molecular weight is 354 g/mol. The number of carbonyl (C=O) groups is 1. The van der Waals surface area contributed by atoms with Crippen molar-refractivity contribution in [1.82, 2.24) is 10.2 Å². The fourth-order valence-electron chi connectivity index (χ4n) is 3.07. The highest BCUT2D eigenvalue weighted by Crippen LogP contribution is 2.28. The monoisotopic (exact) mass is 354 g/mol. The summed E-state index contributed by atoms with van der Waals surface area (Å²) in [6.07, 6.45) is 2.29. The molecule has 138 valence electrons. The van der Waals surface area contributed by atoms with Crippen molar-refractivity contribution in [2.45, 2.75) is 51.7 Å². The Morgan fingerprint density at radius 1 is 1.15 bits per heavy atom. The maximum absolute atomic E-state index is 13.7. The molecule has 26 heavy (non-hydrogen) atoms. The summed E-state index contributed by atoms with van der Waals surface area (Å²) in [5, 5.41) is 2.84. The maximum atomic E-state index is 13.7. The number of amides is 1. The van der Waals surface area contributed by atoms with Gasteiger partial charge < -0.3 is 5.32 Å². The quantitative estimate of drug-likeness (QED) is 0.769. The number of rotatable bonds is 8. The van der Waals surface area contributed by atoms with Crippen LogP contribution in [0.15, 0.2) is 48.5 Å². The van der Waals surface area contributed by atoms with E-state index in [1.54, 1.807) is 18.2 Å². The second-order valence-corrected chi connectivity index (χ2v) is 7.40. The first-order valence-corrected chi connectivity index (χ1v) is 9.36. The van der Waals surface area contributed by atoms with Crippen molar-refractivity contribution in [2.24, 2.45) is 0 Å². The molecule has 0 heterocycles. The SMILES string of the molecule is CC(C)c1ccc(CN(CC(=O)NCc2ccccc2F)C2CC2)cc1. The molecule has 0 aromatic heterocycles. The lowest BCUT2D eigenvalue weighted by Gasteiger charge is -2.22. The lowest BCUT2D eigenvalue weighted by atomic mass is 10.0. The van der Waals surface area contributed by atoms with Crippen LogP contribution in [0.2, 0.25) is 0 Å². The van der Waals surface area contributed by atoms with Crippen molar-refractivity contribution in [3.63, 3.8) is 0 Å². The van der Waals surface area contributed by atoms with Crippen LogP contribution in [0.3, 0.4) is 0 Å². The maximum Gasteiger partial charge on any atom is 0.234 e. The fraction of sp³-hybridized carbons (Fsp3) is 0.409. The highest BCUT2D eigenvalue weighted by Gasteiger charge is 2.30. The molecule has 1 N–H and O–H groups in total. The van der Waals surface area contributed by atoms with Crippen LogP contribution in [-0.2, 0) is 17.9 Å². The van der Waals surface area contributed by atoms with Crippen LogP contribution in [0.25, 0.3) is 0 Å². The third kappa shape index (κ3) is 5.15. The molecule has 1 amide bonds. The topological polar surface area (TPSA) is 32.3 Å². The van der Waals surface area contributed by atoms with Gasteiger partial charge in [0.1, 0.15) is 5.82 Å². The second-order valence-electron chi connectivity index (χ2n) is 7.40. The van der Waals surface area contributed by atoms with E-state index in [4.69, 9.17) is 0 Å². The molecule has 4 heteroatoms. The van der Waals surface area contributed by atoms with Gasteiger partial charge in [0.25, 0.3) is 0 Å². The first-order valence-electron chi connectivity index (χ1n) is 9.36. The Balaban J connectivity index is 1.55. The minimum atomic E-state index is -0.280. The molecule has 3 nitrogen and oxygen atoms in total. The predicted molar refractivity (Wildman–Crippen MR) is 102 cm³/mol. The molecule has 0 atom stereocenters. The molecule has 1 aliphatic carbocycles. The van der Waals surface area contributed by atoms with E-state index in [1.165, 1.54) is 17.2 Å². The Morgan fingerprint density at radius 2 is 1.85 bits per heavy atom. The molecular weight excluding hydrogens is 327 g/mol.